The minimum absolute atomic E-state index is 0. The molecule has 4 heterocycles. The summed E-state index contributed by atoms with van der Waals surface area (Å²) in [4.78, 5) is 31.2. The fraction of sp³-hybridized carbons (Fsp3) is 0.0256. The number of rotatable bonds is 7. The zero-order valence-electron chi connectivity index (χ0n) is 29.6. The normalized spacial score (nSPS) is 9.04. The second-order valence-electron chi connectivity index (χ2n) is 10.2. The van der Waals surface area contributed by atoms with Crippen LogP contribution < -0.4 is 36.8 Å². The van der Waals surface area contributed by atoms with E-state index in [9.17, 15) is 20.2 Å². The minimum atomic E-state index is -0.514. The molecule has 0 atom stereocenters. The van der Waals surface area contributed by atoms with Gasteiger partial charge < -0.3 is 42.4 Å². The molecule has 4 aromatic heterocycles. The highest BCUT2D eigenvalue weighted by atomic mass is 79.9. The number of nitro benzene ring substituents is 2. The van der Waals surface area contributed by atoms with Crippen molar-refractivity contribution in [1.82, 2.24) is 15.0 Å². The van der Waals surface area contributed by atoms with E-state index in [1.165, 1.54) is 36.4 Å². The molecule has 0 saturated carbocycles. The zero-order valence-corrected chi connectivity index (χ0v) is 32.9. The van der Waals surface area contributed by atoms with Gasteiger partial charge in [0.2, 0.25) is 5.69 Å². The number of anilines is 1. The lowest BCUT2D eigenvalue weighted by Crippen LogP contribution is -3.00. The molecule has 0 amide bonds. The number of ether oxygens (including phenoxy) is 2. The lowest BCUT2D eigenvalue weighted by atomic mass is 10.3. The van der Waals surface area contributed by atoms with Gasteiger partial charge in [-0.05, 0) is 72.8 Å². The molecule has 0 spiro atoms. The van der Waals surface area contributed by atoms with Gasteiger partial charge in [-0.25, -0.2) is 0 Å². The highest BCUT2D eigenvalue weighted by Crippen LogP contribution is 2.23. The van der Waals surface area contributed by atoms with Gasteiger partial charge >= 0.3 is 0 Å². The van der Waals surface area contributed by atoms with Crippen molar-refractivity contribution in [3.8, 4) is 34.4 Å². The van der Waals surface area contributed by atoms with Crippen molar-refractivity contribution in [2.75, 3.05) is 12.8 Å². The average Bonchev–Trinajstić information content (AvgIpc) is 3.22. The number of benzene rings is 3. The summed E-state index contributed by atoms with van der Waals surface area (Å²) in [5, 5.41) is 36.2. The first kappa shape index (κ1) is 47.2. The molecule has 17 heteroatoms. The number of hydrogen-bond donors (Lipinski definition) is 3. The first-order valence-corrected chi connectivity index (χ1v) is 15.8. The van der Waals surface area contributed by atoms with Crippen LogP contribution >= 0.6 is 17.0 Å². The number of phenols is 1. The second kappa shape index (κ2) is 26.9. The van der Waals surface area contributed by atoms with Gasteiger partial charge in [0.15, 0.2) is 12.4 Å². The highest BCUT2D eigenvalue weighted by molar-refractivity contribution is 8.93. The molecule has 7 rings (SSSR count). The topological polar surface area (TPSA) is 214 Å². The Labute approximate surface area is 343 Å². The fourth-order valence-electron chi connectivity index (χ4n) is 3.92. The molecule has 0 aliphatic carbocycles. The van der Waals surface area contributed by atoms with E-state index in [0.29, 0.717) is 11.5 Å². The van der Waals surface area contributed by atoms with E-state index in [0.717, 1.165) is 30.0 Å². The summed E-state index contributed by atoms with van der Waals surface area (Å²) >= 11 is 0. The summed E-state index contributed by atoms with van der Waals surface area (Å²) in [6, 6.07) is 35.2. The summed E-state index contributed by atoms with van der Waals surface area (Å²) in [5.74, 6) is 2.77. The van der Waals surface area contributed by atoms with E-state index < -0.39 is 9.85 Å². The van der Waals surface area contributed by atoms with Crippen molar-refractivity contribution in [3.63, 3.8) is 0 Å². The van der Waals surface area contributed by atoms with Crippen LogP contribution in [-0.2, 0) is 0 Å². The highest BCUT2D eigenvalue weighted by Gasteiger charge is 2.05. The number of nitrogens with zero attached hydrogens (tertiary/aromatic N) is 6. The second-order valence-corrected chi connectivity index (χ2v) is 10.2. The van der Waals surface area contributed by atoms with Crippen LogP contribution in [0.3, 0.4) is 0 Å². The molecule has 0 saturated heterocycles. The van der Waals surface area contributed by atoms with Crippen LogP contribution in [0.5, 0.6) is 28.7 Å². The van der Waals surface area contributed by atoms with Crippen molar-refractivity contribution in [2.24, 2.45) is 0 Å². The number of non-ortho nitro benzene ring substituents is 2. The van der Waals surface area contributed by atoms with E-state index >= 15 is 0 Å². The predicted molar refractivity (Wildman–Crippen MR) is 212 cm³/mol. The van der Waals surface area contributed by atoms with Crippen LogP contribution in [0.1, 0.15) is 0 Å². The van der Waals surface area contributed by atoms with E-state index in [1.807, 2.05) is 59.4 Å². The molecule has 0 aliphatic rings. The first-order chi connectivity index (χ1) is 26.3. The van der Waals surface area contributed by atoms with Gasteiger partial charge in [0.25, 0.3) is 11.4 Å². The standard InChI is InChI=1S/C11H8N2O3.C11H10N2O.C10H9N2.C6H5NO3.CH4O.2BrH/c14-13(15)9-1-3-10(4-2-9)16-11-5-7-12-8-6-11;12-9-1-3-10(4-2-9)14-11-5-7-13-8-6-11;1-2-8-12(9-3-1)10-4-6-11-7-5-10;8-6-3-1-5(2-4-6)7(9)10;1-2;;/h1-8H;1-8H,12H2;1-9H;1-4,8H;2H,1H3;2*1H/q;;+1;;;;/p-1. The summed E-state index contributed by atoms with van der Waals surface area (Å²) in [7, 11) is 1.00. The number of phenolic OH excluding ortho intramolecular Hbond substituents is 1. The molecule has 7 aromatic rings. The maximum Gasteiger partial charge on any atom is 0.269 e. The smallest absolute Gasteiger partial charge is 0.269 e. The average molecular weight is 892 g/mol. The van der Waals surface area contributed by atoms with E-state index in [2.05, 4.69) is 15.0 Å². The van der Waals surface area contributed by atoms with Crippen LogP contribution in [0.15, 0.2) is 177 Å². The van der Waals surface area contributed by atoms with Crippen molar-refractivity contribution in [3.05, 3.63) is 197 Å². The molecule has 4 N–H and O–H groups in total. The van der Waals surface area contributed by atoms with Crippen LogP contribution in [-0.4, -0.2) is 42.1 Å². The number of halogens is 2. The largest absolute Gasteiger partial charge is 1.00 e. The summed E-state index contributed by atoms with van der Waals surface area (Å²) in [6.07, 6.45) is 14.2. The summed E-state index contributed by atoms with van der Waals surface area (Å²) in [6.45, 7) is 0. The Kier molecular flexibility index (Phi) is 22.6. The Balaban J connectivity index is 0.000000368. The molecule has 0 fully saturated rings. The van der Waals surface area contributed by atoms with Crippen molar-refractivity contribution >= 4 is 34.0 Å². The maximum atomic E-state index is 10.4. The Morgan fingerprint density at radius 1 is 0.554 bits per heavy atom. The fourth-order valence-corrected chi connectivity index (χ4v) is 3.92. The number of pyridine rings is 4. The Bertz CT molecular complexity index is 2060. The van der Waals surface area contributed by atoms with Crippen LogP contribution in [0.2, 0.25) is 0 Å². The third-order valence-corrected chi connectivity index (χ3v) is 6.44. The Hall–Kier alpha value is -6.82. The van der Waals surface area contributed by atoms with Gasteiger partial charge in [0.1, 0.15) is 28.7 Å². The van der Waals surface area contributed by atoms with Gasteiger partial charge in [-0.2, -0.15) is 4.57 Å². The van der Waals surface area contributed by atoms with Crippen molar-refractivity contribution in [2.45, 2.75) is 0 Å². The molecule has 0 aliphatic heterocycles. The summed E-state index contributed by atoms with van der Waals surface area (Å²) < 4.78 is 13.0. The number of hydrogen-bond acceptors (Lipinski definition) is 12. The van der Waals surface area contributed by atoms with E-state index in [4.69, 9.17) is 25.4 Å². The lowest BCUT2D eigenvalue weighted by molar-refractivity contribution is -0.595. The number of nitro groups is 2. The summed E-state index contributed by atoms with van der Waals surface area (Å²) in [5.41, 5.74) is 7.44. The van der Waals surface area contributed by atoms with Gasteiger partial charge in [-0.3, -0.25) is 35.2 Å². The number of aromatic hydroxyl groups is 1. The third kappa shape index (κ3) is 17.8. The first-order valence-electron chi connectivity index (χ1n) is 15.8. The number of aliphatic hydroxyl groups is 1. The van der Waals surface area contributed by atoms with Crippen LogP contribution in [0.25, 0.3) is 5.69 Å². The molecule has 0 radical (unpaired) electrons. The third-order valence-electron chi connectivity index (χ3n) is 6.44. The maximum absolute atomic E-state index is 10.4. The van der Waals surface area contributed by atoms with Gasteiger partial charge in [-0.15, -0.1) is 17.0 Å². The van der Waals surface area contributed by atoms with Gasteiger partial charge in [0, 0.05) is 98.5 Å². The minimum Gasteiger partial charge on any atom is -1.00 e. The van der Waals surface area contributed by atoms with Crippen LogP contribution in [0, 0.1) is 20.2 Å². The number of aromatic nitrogens is 4. The Morgan fingerprint density at radius 3 is 1.29 bits per heavy atom. The number of aliphatic hydroxyl groups excluding tert-OH is 1. The molecule has 15 nitrogen and oxygen atoms in total. The van der Waals surface area contributed by atoms with E-state index in [1.54, 1.807) is 85.7 Å². The molecular weight excluding hydrogens is 854 g/mol. The predicted octanol–water partition coefficient (Wildman–Crippen LogP) is 5.09. The van der Waals surface area contributed by atoms with Crippen molar-refractivity contribution < 1.29 is 51.1 Å². The lowest BCUT2D eigenvalue weighted by Gasteiger charge is -2.04. The van der Waals surface area contributed by atoms with Gasteiger partial charge in [-0.1, -0.05) is 6.07 Å². The number of nitrogen functional groups attached to an aromatic ring is 1. The van der Waals surface area contributed by atoms with Crippen molar-refractivity contribution in [1.29, 1.82) is 0 Å². The molecule has 3 aromatic carbocycles. The zero-order chi connectivity index (χ0) is 39.0. The van der Waals surface area contributed by atoms with Crippen LogP contribution in [0.4, 0.5) is 17.1 Å². The quantitative estimate of drug-likeness (QED) is 0.0827. The van der Waals surface area contributed by atoms with Gasteiger partial charge in [0.05, 0.1) is 9.85 Å². The SMILES string of the molecule is Br.CO.Nc1ccc(Oc2ccncc2)cc1.O=[N+]([O-])c1ccc(O)cc1.O=[N+]([O-])c1ccc(Oc2ccncc2)cc1.[Br-].c1cc[n+](-c2ccncc2)cc1. The molecule has 0 unspecified atom stereocenters. The monoisotopic (exact) mass is 889 g/mol. The van der Waals surface area contributed by atoms with E-state index in [-0.39, 0.29) is 51.1 Å². The molecule has 56 heavy (non-hydrogen) atoms. The Morgan fingerprint density at radius 2 is 0.893 bits per heavy atom. The molecule has 0 bridgehead atoms. The number of nitrogens with two attached hydrogens (primary N) is 1. The molecule has 290 valence electrons. The molecular formula is C39H37Br2N7O8.